The zero-order valence-electron chi connectivity index (χ0n) is 6.78. The molecule has 2 N–H and O–H groups in total. The van der Waals surface area contributed by atoms with Crippen LogP contribution in [0.4, 0.5) is 0 Å². The lowest BCUT2D eigenvalue weighted by Crippen LogP contribution is -2.25. The van der Waals surface area contributed by atoms with Gasteiger partial charge in [0.05, 0.1) is 5.70 Å². The van der Waals surface area contributed by atoms with Gasteiger partial charge >= 0.3 is 0 Å². The first-order valence-electron chi connectivity index (χ1n) is 3.85. The van der Waals surface area contributed by atoms with Crippen molar-refractivity contribution < 1.29 is 9.59 Å². The van der Waals surface area contributed by atoms with Gasteiger partial charge in [-0.3, -0.25) is 9.59 Å². The van der Waals surface area contributed by atoms with E-state index in [1.807, 2.05) is 0 Å². The van der Waals surface area contributed by atoms with Crippen LogP contribution in [0.5, 0.6) is 0 Å². The van der Waals surface area contributed by atoms with Gasteiger partial charge in [0.1, 0.15) is 0 Å². The summed E-state index contributed by atoms with van der Waals surface area (Å²) in [6.07, 6.45) is 1.53. The number of allylic oxidation sites excluding steroid dienone is 1. The molecule has 0 unspecified atom stereocenters. The van der Waals surface area contributed by atoms with Crippen LogP contribution in [0.1, 0.15) is 15.9 Å². The second-order valence-corrected chi connectivity index (χ2v) is 2.85. The number of carbonyl (C=O) groups is 2. The maximum Gasteiger partial charge on any atom is 0.249 e. The highest BCUT2D eigenvalue weighted by Gasteiger charge is 2.24. The summed E-state index contributed by atoms with van der Waals surface area (Å²) < 4.78 is 0. The summed E-state index contributed by atoms with van der Waals surface area (Å²) in [5.74, 6) is -1.13. The van der Waals surface area contributed by atoms with E-state index < -0.39 is 11.6 Å². The number of hydrogen-bond donors (Lipinski definition) is 1. The van der Waals surface area contributed by atoms with E-state index in [4.69, 9.17) is 5.73 Å². The van der Waals surface area contributed by atoms with Crippen molar-refractivity contribution in [1.29, 1.82) is 0 Å². The Balaban J connectivity index is 2.70. The molecular weight excluding hydrogens is 166 g/mol. The minimum atomic E-state index is -0.612. The Bertz CT molecular complexity index is 432. The number of hydrogen-bond acceptors (Lipinski definition) is 3. The summed E-state index contributed by atoms with van der Waals surface area (Å²) in [6.45, 7) is 0. The molecule has 1 aromatic carbocycles. The molecule has 0 bridgehead atoms. The number of benzene rings is 1. The summed E-state index contributed by atoms with van der Waals surface area (Å²) >= 11 is 0. The molecular formula is C10H7NO2. The van der Waals surface area contributed by atoms with Crippen molar-refractivity contribution in [3.8, 4) is 0 Å². The Labute approximate surface area is 74.9 Å². The van der Waals surface area contributed by atoms with E-state index in [2.05, 4.69) is 0 Å². The molecule has 2 rings (SSSR count). The maximum absolute atomic E-state index is 11.4. The Morgan fingerprint density at radius 3 is 2.46 bits per heavy atom. The Morgan fingerprint density at radius 1 is 1.00 bits per heavy atom. The van der Waals surface area contributed by atoms with Crippen LogP contribution in [0.3, 0.4) is 0 Å². The number of carbonyl (C=O) groups excluding carboxylic acids is 2. The van der Waals surface area contributed by atoms with Gasteiger partial charge in [-0.1, -0.05) is 24.3 Å². The van der Waals surface area contributed by atoms with E-state index in [0.717, 1.165) is 0 Å². The number of fused-ring (bicyclic) bond motifs is 1. The van der Waals surface area contributed by atoms with Crippen LogP contribution in [0.15, 0.2) is 30.0 Å². The summed E-state index contributed by atoms with van der Waals surface area (Å²) in [4.78, 5) is 22.5. The standard InChI is InChI=1S/C10H7NO2/c11-8-5-6-3-1-2-4-7(6)9(12)10(8)13/h1-5H,11H2. The van der Waals surface area contributed by atoms with Crippen molar-refractivity contribution in [2.24, 2.45) is 5.73 Å². The van der Waals surface area contributed by atoms with Crippen molar-refractivity contribution in [1.82, 2.24) is 0 Å². The van der Waals surface area contributed by atoms with E-state index in [0.29, 0.717) is 11.1 Å². The Hall–Kier alpha value is -1.90. The van der Waals surface area contributed by atoms with Gasteiger partial charge in [-0.15, -0.1) is 0 Å². The monoisotopic (exact) mass is 173 g/mol. The number of rotatable bonds is 0. The summed E-state index contributed by atoms with van der Waals surface area (Å²) in [7, 11) is 0. The van der Waals surface area contributed by atoms with Crippen LogP contribution >= 0.6 is 0 Å². The lowest BCUT2D eigenvalue weighted by atomic mass is 9.94. The van der Waals surface area contributed by atoms with Crippen LogP contribution in [0, 0.1) is 0 Å². The van der Waals surface area contributed by atoms with Crippen LogP contribution in [-0.2, 0) is 4.79 Å². The fourth-order valence-electron chi connectivity index (χ4n) is 1.32. The van der Waals surface area contributed by atoms with Gasteiger partial charge in [0.2, 0.25) is 11.6 Å². The highest BCUT2D eigenvalue weighted by molar-refractivity contribution is 6.51. The molecule has 0 fully saturated rings. The number of nitrogens with two attached hydrogens (primary N) is 1. The topological polar surface area (TPSA) is 60.2 Å². The minimum absolute atomic E-state index is 0.0173. The number of Topliss-reactive ketones (excluding diaryl/α,β-unsaturated/α-hetero) is 2. The smallest absolute Gasteiger partial charge is 0.249 e. The van der Waals surface area contributed by atoms with E-state index in [-0.39, 0.29) is 5.70 Å². The van der Waals surface area contributed by atoms with Crippen LogP contribution < -0.4 is 5.73 Å². The van der Waals surface area contributed by atoms with Crippen LogP contribution in [0.2, 0.25) is 0 Å². The van der Waals surface area contributed by atoms with E-state index in [1.54, 1.807) is 24.3 Å². The zero-order chi connectivity index (χ0) is 9.42. The average Bonchev–Trinajstić information content (AvgIpc) is 2.15. The predicted octanol–water partition coefficient (Wildman–Crippen LogP) is 0.752. The molecule has 1 aliphatic rings. The molecule has 0 saturated heterocycles. The molecule has 0 radical (unpaired) electrons. The molecule has 0 spiro atoms. The van der Waals surface area contributed by atoms with E-state index in [1.165, 1.54) is 6.08 Å². The predicted molar refractivity (Wildman–Crippen MR) is 47.9 cm³/mol. The molecule has 1 aromatic rings. The third kappa shape index (κ3) is 1.05. The van der Waals surface area contributed by atoms with Crippen LogP contribution in [-0.4, -0.2) is 11.6 Å². The van der Waals surface area contributed by atoms with Gasteiger partial charge in [0, 0.05) is 5.56 Å². The molecule has 0 aliphatic heterocycles. The second-order valence-electron chi connectivity index (χ2n) is 2.85. The Morgan fingerprint density at radius 2 is 1.69 bits per heavy atom. The fraction of sp³-hybridized carbons (Fsp3) is 0. The van der Waals surface area contributed by atoms with Gasteiger partial charge in [-0.25, -0.2) is 0 Å². The van der Waals surface area contributed by atoms with Crippen molar-refractivity contribution in [3.05, 3.63) is 41.1 Å². The van der Waals surface area contributed by atoms with E-state index in [9.17, 15) is 9.59 Å². The second kappa shape index (κ2) is 2.55. The quantitative estimate of drug-likeness (QED) is 0.589. The van der Waals surface area contributed by atoms with Gasteiger partial charge in [0.25, 0.3) is 0 Å². The van der Waals surface area contributed by atoms with Gasteiger partial charge in [-0.2, -0.15) is 0 Å². The summed E-state index contributed by atoms with van der Waals surface area (Å²) in [6, 6.07) is 6.90. The van der Waals surface area contributed by atoms with Crippen molar-refractivity contribution in [2.45, 2.75) is 0 Å². The summed E-state index contributed by atoms with van der Waals surface area (Å²) in [5.41, 5.74) is 6.54. The minimum Gasteiger partial charge on any atom is -0.395 e. The molecule has 0 heterocycles. The fourth-order valence-corrected chi connectivity index (χ4v) is 1.32. The third-order valence-corrected chi connectivity index (χ3v) is 1.98. The maximum atomic E-state index is 11.4. The van der Waals surface area contributed by atoms with Crippen molar-refractivity contribution in [3.63, 3.8) is 0 Å². The van der Waals surface area contributed by atoms with Gasteiger partial charge < -0.3 is 5.73 Å². The van der Waals surface area contributed by atoms with E-state index >= 15 is 0 Å². The molecule has 0 saturated carbocycles. The van der Waals surface area contributed by atoms with Crippen molar-refractivity contribution in [2.75, 3.05) is 0 Å². The third-order valence-electron chi connectivity index (χ3n) is 1.98. The van der Waals surface area contributed by atoms with Gasteiger partial charge in [-0.05, 0) is 11.6 Å². The molecule has 0 aromatic heterocycles. The molecule has 3 nitrogen and oxygen atoms in total. The van der Waals surface area contributed by atoms with Crippen molar-refractivity contribution >= 4 is 17.6 Å². The zero-order valence-corrected chi connectivity index (χ0v) is 6.78. The molecule has 3 heteroatoms. The first kappa shape index (κ1) is 7.73. The van der Waals surface area contributed by atoms with Crippen LogP contribution in [0.25, 0.3) is 6.08 Å². The highest BCUT2D eigenvalue weighted by Crippen LogP contribution is 2.18. The number of ketones is 2. The molecule has 13 heavy (non-hydrogen) atoms. The molecule has 0 atom stereocenters. The molecule has 64 valence electrons. The normalized spacial score (nSPS) is 15.2. The lowest BCUT2D eigenvalue weighted by molar-refractivity contribution is -0.111. The molecule has 1 aliphatic carbocycles. The summed E-state index contributed by atoms with van der Waals surface area (Å²) in [5, 5.41) is 0. The first-order chi connectivity index (χ1) is 6.20. The largest absolute Gasteiger partial charge is 0.395 e. The highest BCUT2D eigenvalue weighted by atomic mass is 16.2. The molecule has 0 amide bonds. The average molecular weight is 173 g/mol. The lowest BCUT2D eigenvalue weighted by Gasteiger charge is -2.10. The SMILES string of the molecule is NC1=Cc2ccccc2C(=O)C1=O. The Kier molecular flexibility index (Phi) is 1.52. The van der Waals surface area contributed by atoms with Gasteiger partial charge in [0.15, 0.2) is 0 Å². The first-order valence-corrected chi connectivity index (χ1v) is 3.85.